The van der Waals surface area contributed by atoms with Crippen LogP contribution in [-0.4, -0.2) is 21.4 Å². The minimum absolute atomic E-state index is 0.0851. The van der Waals surface area contributed by atoms with Gasteiger partial charge in [-0.2, -0.15) is 0 Å². The fraction of sp³-hybridized carbons (Fsp3) is 0.133. The lowest BCUT2D eigenvalue weighted by atomic mass is 10.2. The highest BCUT2D eigenvalue weighted by molar-refractivity contribution is 9.10. The van der Waals surface area contributed by atoms with Gasteiger partial charge in [-0.1, -0.05) is 22.0 Å². The number of hydrazine groups is 1. The van der Waals surface area contributed by atoms with E-state index in [0.717, 1.165) is 0 Å². The van der Waals surface area contributed by atoms with Crippen LogP contribution < -0.4 is 15.0 Å². The van der Waals surface area contributed by atoms with Crippen molar-refractivity contribution in [3.8, 4) is 5.75 Å². The van der Waals surface area contributed by atoms with Gasteiger partial charge >= 0.3 is 0 Å². The summed E-state index contributed by atoms with van der Waals surface area (Å²) in [6.45, 7) is 1.67. The molecule has 2 N–H and O–H groups in total. The number of aryl methyl sites for hydroxylation is 1. The molecule has 0 bridgehead atoms. The first-order valence-corrected chi connectivity index (χ1v) is 8.83. The van der Waals surface area contributed by atoms with Gasteiger partial charge in [0.05, 0.1) is 12.0 Å². The van der Waals surface area contributed by atoms with Gasteiger partial charge < -0.3 is 4.74 Å². The van der Waals surface area contributed by atoms with Gasteiger partial charge in [-0.3, -0.25) is 10.2 Å². The second-order valence-corrected chi connectivity index (χ2v) is 7.26. The predicted octanol–water partition coefficient (Wildman–Crippen LogP) is 2.39. The number of hydrogen-bond acceptors (Lipinski definition) is 4. The van der Waals surface area contributed by atoms with Crippen molar-refractivity contribution in [2.45, 2.75) is 11.8 Å². The Hall–Kier alpha value is -1.90. The summed E-state index contributed by atoms with van der Waals surface area (Å²) in [5.41, 5.74) is 3.06. The van der Waals surface area contributed by atoms with Gasteiger partial charge in [0.1, 0.15) is 5.75 Å². The Morgan fingerprint density at radius 1 is 1.13 bits per heavy atom. The molecule has 2 aromatic rings. The minimum Gasteiger partial charge on any atom is -0.497 e. The second-order valence-electron chi connectivity index (χ2n) is 4.70. The number of methoxy groups -OCH3 is 1. The molecule has 0 saturated carbocycles. The van der Waals surface area contributed by atoms with E-state index in [-0.39, 0.29) is 4.90 Å². The Labute approximate surface area is 143 Å². The van der Waals surface area contributed by atoms with E-state index in [1.165, 1.54) is 25.3 Å². The molecule has 2 aromatic carbocycles. The van der Waals surface area contributed by atoms with Crippen LogP contribution in [0.2, 0.25) is 0 Å². The zero-order chi connectivity index (χ0) is 17.0. The SMILES string of the molecule is COc1ccc(C(=O)NNS(=O)(=O)c2cc(Br)ccc2C)cc1. The fourth-order valence-corrected chi connectivity index (χ4v) is 3.47. The van der Waals surface area contributed by atoms with Crippen molar-refractivity contribution < 1.29 is 17.9 Å². The largest absolute Gasteiger partial charge is 0.497 e. The maximum absolute atomic E-state index is 12.3. The van der Waals surface area contributed by atoms with Crippen molar-refractivity contribution in [3.05, 3.63) is 58.1 Å². The van der Waals surface area contributed by atoms with Crippen molar-refractivity contribution in [2.24, 2.45) is 0 Å². The van der Waals surface area contributed by atoms with Gasteiger partial charge in [0.15, 0.2) is 0 Å². The summed E-state index contributed by atoms with van der Waals surface area (Å²) in [5.74, 6) is 0.0377. The van der Waals surface area contributed by atoms with Crippen LogP contribution in [0.25, 0.3) is 0 Å². The molecule has 122 valence electrons. The number of sulfonamides is 1. The second kappa shape index (κ2) is 7.12. The zero-order valence-corrected chi connectivity index (χ0v) is 14.9. The Bertz CT molecular complexity index is 820. The third-order valence-corrected chi connectivity index (χ3v) is 4.97. The highest BCUT2D eigenvalue weighted by Gasteiger charge is 2.18. The molecule has 0 heterocycles. The lowest BCUT2D eigenvalue weighted by molar-refractivity contribution is 0.0945. The number of hydrogen-bond donors (Lipinski definition) is 2. The van der Waals surface area contributed by atoms with E-state index in [9.17, 15) is 13.2 Å². The van der Waals surface area contributed by atoms with Crippen LogP contribution in [0.1, 0.15) is 15.9 Å². The summed E-state index contributed by atoms with van der Waals surface area (Å²) in [6, 6.07) is 11.2. The smallest absolute Gasteiger partial charge is 0.266 e. The molecule has 0 saturated heterocycles. The third kappa shape index (κ3) is 4.31. The number of carbonyl (C=O) groups is 1. The van der Waals surface area contributed by atoms with Crippen LogP contribution >= 0.6 is 15.9 Å². The van der Waals surface area contributed by atoms with Gasteiger partial charge in [0, 0.05) is 10.0 Å². The van der Waals surface area contributed by atoms with E-state index in [0.29, 0.717) is 21.3 Å². The van der Waals surface area contributed by atoms with Crippen molar-refractivity contribution >= 4 is 31.9 Å². The first kappa shape index (κ1) is 17.5. The molecular formula is C15H15BrN2O4S. The van der Waals surface area contributed by atoms with E-state index < -0.39 is 15.9 Å². The molecule has 0 unspecified atom stereocenters. The number of ether oxygens (including phenoxy) is 1. The Morgan fingerprint density at radius 3 is 2.39 bits per heavy atom. The molecule has 0 aliphatic heterocycles. The quantitative estimate of drug-likeness (QED) is 0.757. The van der Waals surface area contributed by atoms with Crippen molar-refractivity contribution in [2.75, 3.05) is 7.11 Å². The van der Waals surface area contributed by atoms with Gasteiger partial charge in [0.25, 0.3) is 15.9 Å². The Kier molecular flexibility index (Phi) is 5.40. The minimum atomic E-state index is -3.87. The van der Waals surface area contributed by atoms with Crippen molar-refractivity contribution in [1.82, 2.24) is 10.3 Å². The van der Waals surface area contributed by atoms with Crippen LogP contribution in [-0.2, 0) is 10.0 Å². The number of rotatable bonds is 5. The molecule has 23 heavy (non-hydrogen) atoms. The molecule has 0 atom stereocenters. The fourth-order valence-electron chi connectivity index (χ4n) is 1.85. The summed E-state index contributed by atoms with van der Waals surface area (Å²) >= 11 is 3.23. The molecule has 0 radical (unpaired) electrons. The van der Waals surface area contributed by atoms with Gasteiger partial charge in [-0.15, -0.1) is 4.83 Å². The average molecular weight is 399 g/mol. The van der Waals surface area contributed by atoms with Crippen LogP contribution in [0.5, 0.6) is 5.75 Å². The van der Waals surface area contributed by atoms with Gasteiger partial charge in [0.2, 0.25) is 0 Å². The molecule has 0 fully saturated rings. The number of halogens is 1. The zero-order valence-electron chi connectivity index (χ0n) is 12.5. The summed E-state index contributed by atoms with van der Waals surface area (Å²) in [7, 11) is -2.35. The molecule has 0 aliphatic carbocycles. The molecule has 0 spiro atoms. The lowest BCUT2D eigenvalue weighted by Crippen LogP contribution is -2.41. The summed E-state index contributed by atoms with van der Waals surface area (Å²) < 4.78 is 30.2. The maximum atomic E-state index is 12.3. The molecule has 0 aromatic heterocycles. The highest BCUT2D eigenvalue weighted by atomic mass is 79.9. The van der Waals surface area contributed by atoms with E-state index in [4.69, 9.17) is 4.74 Å². The maximum Gasteiger partial charge on any atom is 0.266 e. The van der Waals surface area contributed by atoms with Gasteiger partial charge in [-0.05, 0) is 48.9 Å². The number of benzene rings is 2. The first-order chi connectivity index (χ1) is 10.8. The summed E-state index contributed by atoms with van der Waals surface area (Å²) in [5, 5.41) is 0. The Balaban J connectivity index is 2.12. The molecule has 6 nitrogen and oxygen atoms in total. The molecule has 2 rings (SSSR count). The number of nitrogens with one attached hydrogen (secondary N) is 2. The topological polar surface area (TPSA) is 84.5 Å². The molecule has 1 amide bonds. The van der Waals surface area contributed by atoms with Crippen molar-refractivity contribution in [3.63, 3.8) is 0 Å². The molecule has 0 aliphatic rings. The van der Waals surface area contributed by atoms with Crippen LogP contribution in [0.15, 0.2) is 51.8 Å². The summed E-state index contributed by atoms with van der Waals surface area (Å²) in [4.78, 5) is 14.2. The monoisotopic (exact) mass is 398 g/mol. The molecular weight excluding hydrogens is 384 g/mol. The average Bonchev–Trinajstić information content (AvgIpc) is 2.55. The highest BCUT2D eigenvalue weighted by Crippen LogP contribution is 2.20. The lowest BCUT2D eigenvalue weighted by Gasteiger charge is -2.11. The van der Waals surface area contributed by atoms with Crippen LogP contribution in [0.3, 0.4) is 0 Å². The van der Waals surface area contributed by atoms with Crippen molar-refractivity contribution in [1.29, 1.82) is 0 Å². The van der Waals surface area contributed by atoms with E-state index in [1.807, 2.05) is 0 Å². The summed E-state index contributed by atoms with van der Waals surface area (Å²) in [6.07, 6.45) is 0. The molecule has 8 heteroatoms. The first-order valence-electron chi connectivity index (χ1n) is 6.56. The van der Waals surface area contributed by atoms with E-state index in [2.05, 4.69) is 26.2 Å². The van der Waals surface area contributed by atoms with Crippen LogP contribution in [0, 0.1) is 6.92 Å². The standard InChI is InChI=1S/C15H15BrN2O4S/c1-10-3-6-12(16)9-14(10)23(20,21)18-17-15(19)11-4-7-13(22-2)8-5-11/h3-9,18H,1-2H3,(H,17,19). The van der Waals surface area contributed by atoms with Gasteiger partial charge in [-0.25, -0.2) is 8.42 Å². The van der Waals surface area contributed by atoms with Crippen LogP contribution in [0.4, 0.5) is 0 Å². The number of amides is 1. The number of carbonyl (C=O) groups excluding carboxylic acids is 1. The van der Waals surface area contributed by atoms with E-state index >= 15 is 0 Å². The normalized spacial score (nSPS) is 11.1. The van der Waals surface area contributed by atoms with E-state index in [1.54, 1.807) is 31.2 Å². The predicted molar refractivity (Wildman–Crippen MR) is 89.7 cm³/mol. The third-order valence-electron chi connectivity index (χ3n) is 3.09. The Morgan fingerprint density at radius 2 is 1.78 bits per heavy atom.